The van der Waals surface area contributed by atoms with Gasteiger partial charge in [0.25, 0.3) is 0 Å². The van der Waals surface area contributed by atoms with E-state index in [4.69, 9.17) is 4.42 Å². The molecule has 0 aliphatic heterocycles. The molecule has 0 spiro atoms. The summed E-state index contributed by atoms with van der Waals surface area (Å²) in [5, 5.41) is 6.18. The Labute approximate surface area is 166 Å². The summed E-state index contributed by atoms with van der Waals surface area (Å²) < 4.78 is 44.0. The first-order valence-corrected chi connectivity index (χ1v) is 9.14. The molecule has 0 unspecified atom stereocenters. The number of rotatable bonds is 6. The number of halogens is 3. The fourth-order valence-corrected chi connectivity index (χ4v) is 2.63. The summed E-state index contributed by atoms with van der Waals surface area (Å²) >= 11 is 0. The Morgan fingerprint density at radius 2 is 1.86 bits per heavy atom. The largest absolute Gasteiger partial charge is 0.444 e. The number of oxazole rings is 1. The topological polar surface area (TPSA) is 62.5 Å². The zero-order valence-electron chi connectivity index (χ0n) is 15.8. The summed E-state index contributed by atoms with van der Waals surface area (Å²) in [7, 11) is 0. The number of nitrogens with one attached hydrogen (secondary N) is 2. The molecule has 152 valence electrons. The van der Waals surface area contributed by atoms with Gasteiger partial charge in [0.2, 0.25) is 5.89 Å². The van der Waals surface area contributed by atoms with E-state index >= 15 is 0 Å². The van der Waals surface area contributed by atoms with Gasteiger partial charge in [0.15, 0.2) is 5.96 Å². The van der Waals surface area contributed by atoms with E-state index in [2.05, 4.69) is 20.6 Å². The maximum Gasteiger partial charge on any atom is 0.416 e. The smallest absolute Gasteiger partial charge is 0.416 e. The molecule has 0 amide bonds. The molecule has 0 atom stereocenters. The van der Waals surface area contributed by atoms with Crippen LogP contribution in [0, 0.1) is 0 Å². The number of aromatic nitrogens is 1. The standard InChI is InChI=1S/C21H21F3N4O/c1-2-25-20(26-12-15-7-6-10-17(11-15)21(22,23)24)27-13-18-14-29-19(28-18)16-8-4-3-5-9-16/h3-11,14H,2,12-13H2,1H3,(H2,25,26,27). The second kappa shape index (κ2) is 9.27. The van der Waals surface area contributed by atoms with Crippen molar-refractivity contribution in [3.05, 3.63) is 77.7 Å². The van der Waals surface area contributed by atoms with E-state index in [1.165, 1.54) is 6.07 Å². The number of hydrogen-bond donors (Lipinski definition) is 2. The molecule has 0 saturated carbocycles. The van der Waals surface area contributed by atoms with Crippen LogP contribution in [-0.4, -0.2) is 17.5 Å². The first-order valence-electron chi connectivity index (χ1n) is 9.14. The molecular weight excluding hydrogens is 381 g/mol. The molecule has 1 aromatic heterocycles. The molecule has 3 rings (SSSR count). The molecule has 2 N–H and O–H groups in total. The Morgan fingerprint density at radius 1 is 1.07 bits per heavy atom. The average Bonchev–Trinajstić information content (AvgIpc) is 3.19. The van der Waals surface area contributed by atoms with Gasteiger partial charge in [0.1, 0.15) is 6.26 Å². The van der Waals surface area contributed by atoms with E-state index in [-0.39, 0.29) is 6.54 Å². The van der Waals surface area contributed by atoms with Gasteiger partial charge in [-0.25, -0.2) is 9.98 Å². The molecular formula is C21H21F3N4O. The van der Waals surface area contributed by atoms with Gasteiger partial charge in [-0.1, -0.05) is 30.3 Å². The normalized spacial score (nSPS) is 12.1. The van der Waals surface area contributed by atoms with Crippen LogP contribution in [0.1, 0.15) is 23.7 Å². The Hall–Kier alpha value is -3.29. The first kappa shape index (κ1) is 20.4. The van der Waals surface area contributed by atoms with E-state index < -0.39 is 11.7 Å². The Morgan fingerprint density at radius 3 is 2.59 bits per heavy atom. The number of alkyl halides is 3. The number of benzene rings is 2. The lowest BCUT2D eigenvalue weighted by Gasteiger charge is -2.11. The lowest BCUT2D eigenvalue weighted by atomic mass is 10.1. The summed E-state index contributed by atoms with van der Waals surface area (Å²) in [5.41, 5.74) is 1.36. The van der Waals surface area contributed by atoms with Crippen LogP contribution in [0.2, 0.25) is 0 Å². The van der Waals surface area contributed by atoms with Gasteiger partial charge in [0.05, 0.1) is 24.3 Å². The third kappa shape index (κ3) is 5.84. The lowest BCUT2D eigenvalue weighted by molar-refractivity contribution is -0.137. The van der Waals surface area contributed by atoms with Crippen LogP contribution in [0.3, 0.4) is 0 Å². The van der Waals surface area contributed by atoms with Crippen molar-refractivity contribution in [2.45, 2.75) is 26.2 Å². The van der Waals surface area contributed by atoms with Gasteiger partial charge in [-0.3, -0.25) is 0 Å². The van der Waals surface area contributed by atoms with E-state index in [0.717, 1.165) is 17.7 Å². The lowest BCUT2D eigenvalue weighted by Crippen LogP contribution is -2.36. The van der Waals surface area contributed by atoms with Gasteiger partial charge in [-0.05, 0) is 36.8 Å². The minimum absolute atomic E-state index is 0.118. The molecule has 0 saturated heterocycles. The van der Waals surface area contributed by atoms with Crippen LogP contribution in [-0.2, 0) is 19.3 Å². The summed E-state index contributed by atoms with van der Waals surface area (Å²) in [6.45, 7) is 3.01. The number of hydrogen-bond acceptors (Lipinski definition) is 3. The van der Waals surface area contributed by atoms with Gasteiger partial charge in [-0.15, -0.1) is 0 Å². The molecule has 3 aromatic rings. The van der Waals surface area contributed by atoms with E-state index in [1.807, 2.05) is 37.3 Å². The van der Waals surface area contributed by atoms with Crippen LogP contribution in [0.25, 0.3) is 11.5 Å². The van der Waals surface area contributed by atoms with Crippen molar-refractivity contribution in [2.75, 3.05) is 6.54 Å². The van der Waals surface area contributed by atoms with Crippen LogP contribution in [0.15, 0.2) is 70.3 Å². The molecule has 1 heterocycles. The third-order valence-electron chi connectivity index (χ3n) is 4.03. The summed E-state index contributed by atoms with van der Waals surface area (Å²) in [4.78, 5) is 8.79. The second-order valence-corrected chi connectivity index (χ2v) is 6.26. The van der Waals surface area contributed by atoms with Gasteiger partial charge < -0.3 is 15.1 Å². The highest BCUT2D eigenvalue weighted by Gasteiger charge is 2.30. The quantitative estimate of drug-likeness (QED) is 0.467. The molecule has 29 heavy (non-hydrogen) atoms. The van der Waals surface area contributed by atoms with Crippen molar-refractivity contribution < 1.29 is 17.6 Å². The van der Waals surface area contributed by atoms with Crippen LogP contribution in [0.5, 0.6) is 0 Å². The van der Waals surface area contributed by atoms with Crippen molar-refractivity contribution in [3.8, 4) is 11.5 Å². The van der Waals surface area contributed by atoms with Crippen LogP contribution < -0.4 is 10.6 Å². The summed E-state index contributed by atoms with van der Waals surface area (Å²) in [6.07, 6.45) is -2.81. The SMILES string of the molecule is CCNC(=NCc1cccc(C(F)(F)F)c1)NCc1coc(-c2ccccc2)n1. The minimum Gasteiger partial charge on any atom is -0.444 e. The van der Waals surface area contributed by atoms with Gasteiger partial charge in [-0.2, -0.15) is 13.2 Å². The number of guanidine groups is 1. The molecule has 2 aromatic carbocycles. The van der Waals surface area contributed by atoms with Crippen molar-refractivity contribution in [3.63, 3.8) is 0 Å². The predicted molar refractivity (Wildman–Crippen MR) is 105 cm³/mol. The van der Waals surface area contributed by atoms with Crippen molar-refractivity contribution in [1.29, 1.82) is 0 Å². The second-order valence-electron chi connectivity index (χ2n) is 6.26. The zero-order chi connectivity index (χ0) is 20.7. The molecule has 0 aliphatic rings. The monoisotopic (exact) mass is 402 g/mol. The molecule has 0 fully saturated rings. The molecule has 0 aliphatic carbocycles. The molecule has 0 radical (unpaired) electrons. The third-order valence-corrected chi connectivity index (χ3v) is 4.03. The van der Waals surface area contributed by atoms with Crippen LogP contribution in [0.4, 0.5) is 13.2 Å². The maximum atomic E-state index is 12.8. The zero-order valence-corrected chi connectivity index (χ0v) is 15.8. The van der Waals surface area contributed by atoms with Crippen molar-refractivity contribution in [2.24, 2.45) is 4.99 Å². The fourth-order valence-electron chi connectivity index (χ4n) is 2.63. The predicted octanol–water partition coefficient (Wildman–Crippen LogP) is 4.62. The number of aliphatic imine (C=N–C) groups is 1. The van der Waals surface area contributed by atoms with E-state index in [1.54, 1.807) is 12.3 Å². The average molecular weight is 402 g/mol. The van der Waals surface area contributed by atoms with Crippen LogP contribution >= 0.6 is 0 Å². The minimum atomic E-state index is -4.37. The highest BCUT2D eigenvalue weighted by atomic mass is 19.4. The molecule has 8 heteroatoms. The van der Waals surface area contributed by atoms with E-state index in [0.29, 0.717) is 36.2 Å². The Kier molecular flexibility index (Phi) is 6.54. The van der Waals surface area contributed by atoms with E-state index in [9.17, 15) is 13.2 Å². The Balaban J connectivity index is 1.64. The first-order chi connectivity index (χ1) is 14.0. The van der Waals surface area contributed by atoms with Gasteiger partial charge in [0, 0.05) is 12.1 Å². The highest BCUT2D eigenvalue weighted by Crippen LogP contribution is 2.29. The number of nitrogens with zero attached hydrogens (tertiary/aromatic N) is 2. The summed E-state index contributed by atoms with van der Waals surface area (Å²) in [6, 6.07) is 14.7. The Bertz CT molecular complexity index is 952. The summed E-state index contributed by atoms with van der Waals surface area (Å²) in [5.74, 6) is 1.00. The highest BCUT2D eigenvalue weighted by molar-refractivity contribution is 5.79. The van der Waals surface area contributed by atoms with Crippen molar-refractivity contribution >= 4 is 5.96 Å². The maximum absolute atomic E-state index is 12.8. The fraction of sp³-hybridized carbons (Fsp3) is 0.238. The van der Waals surface area contributed by atoms with Crippen molar-refractivity contribution in [1.82, 2.24) is 15.6 Å². The molecule has 0 bridgehead atoms. The molecule has 5 nitrogen and oxygen atoms in total. The van der Waals surface area contributed by atoms with Gasteiger partial charge >= 0.3 is 6.18 Å².